The molecule has 2 aromatic heterocycles. The van der Waals surface area contributed by atoms with Crippen molar-refractivity contribution >= 4 is 21.5 Å². The Morgan fingerprint density at radius 1 is 1.10 bits per heavy atom. The number of rotatable bonds is 8. The highest BCUT2D eigenvalue weighted by atomic mass is 32.2. The highest BCUT2D eigenvalue weighted by Gasteiger charge is 2.15. The van der Waals surface area contributed by atoms with Crippen LogP contribution in [0.2, 0.25) is 0 Å². The molecule has 0 aliphatic rings. The molecular formula is C17H19N7O4S. The van der Waals surface area contributed by atoms with Crippen molar-refractivity contribution < 1.29 is 13.3 Å². The van der Waals surface area contributed by atoms with Crippen LogP contribution in [0.1, 0.15) is 11.4 Å². The van der Waals surface area contributed by atoms with Gasteiger partial charge in [-0.2, -0.15) is 0 Å². The number of nitrogens with one attached hydrogen (secondary N) is 2. The fourth-order valence-electron chi connectivity index (χ4n) is 2.51. The van der Waals surface area contributed by atoms with Crippen molar-refractivity contribution in [1.82, 2.24) is 24.2 Å². The Kier molecular flexibility index (Phi) is 5.84. The molecule has 0 spiro atoms. The lowest BCUT2D eigenvalue weighted by molar-refractivity contribution is -0.384. The van der Waals surface area contributed by atoms with Gasteiger partial charge in [0.2, 0.25) is 10.0 Å². The van der Waals surface area contributed by atoms with Crippen molar-refractivity contribution in [1.29, 1.82) is 0 Å². The van der Waals surface area contributed by atoms with E-state index in [2.05, 4.69) is 25.0 Å². The van der Waals surface area contributed by atoms with Crippen molar-refractivity contribution in [3.05, 3.63) is 64.5 Å². The number of non-ortho nitro benzene ring substituents is 1. The second-order valence-electron chi connectivity index (χ2n) is 6.12. The normalized spacial score (nSPS) is 11.4. The van der Waals surface area contributed by atoms with E-state index in [1.165, 1.54) is 18.5 Å². The molecule has 0 atom stereocenters. The largest absolute Gasteiger partial charge is 0.369 e. The van der Waals surface area contributed by atoms with E-state index in [9.17, 15) is 18.5 Å². The maximum Gasteiger partial charge on any atom is 0.269 e. The number of sulfonamides is 1. The van der Waals surface area contributed by atoms with Crippen molar-refractivity contribution in [3.8, 4) is 5.82 Å². The van der Waals surface area contributed by atoms with Crippen molar-refractivity contribution in [2.24, 2.45) is 0 Å². The lowest BCUT2D eigenvalue weighted by atomic mass is 10.3. The zero-order valence-corrected chi connectivity index (χ0v) is 16.5. The minimum Gasteiger partial charge on any atom is -0.369 e. The third kappa shape index (κ3) is 4.73. The molecule has 0 unspecified atom stereocenters. The molecule has 0 aliphatic heterocycles. The second-order valence-corrected chi connectivity index (χ2v) is 7.89. The number of benzene rings is 1. The summed E-state index contributed by atoms with van der Waals surface area (Å²) in [6.07, 6.45) is 3.09. The average molecular weight is 417 g/mol. The average Bonchev–Trinajstić information content (AvgIpc) is 3.04. The molecule has 3 aromatic rings. The van der Waals surface area contributed by atoms with Crippen LogP contribution < -0.4 is 10.0 Å². The molecule has 3 rings (SSSR count). The summed E-state index contributed by atoms with van der Waals surface area (Å²) < 4.78 is 28.8. The molecule has 0 aliphatic carbocycles. The van der Waals surface area contributed by atoms with Crippen molar-refractivity contribution in [2.75, 3.05) is 18.4 Å². The van der Waals surface area contributed by atoms with E-state index in [4.69, 9.17) is 0 Å². The van der Waals surface area contributed by atoms with Crippen LogP contribution >= 0.6 is 0 Å². The minimum absolute atomic E-state index is 0.0432. The van der Waals surface area contributed by atoms with Gasteiger partial charge in [0.1, 0.15) is 24.3 Å². The molecule has 152 valence electrons. The van der Waals surface area contributed by atoms with Gasteiger partial charge >= 0.3 is 0 Å². The molecule has 0 radical (unpaired) electrons. The zero-order chi connectivity index (χ0) is 21.0. The molecule has 0 saturated carbocycles. The number of hydrogen-bond donors (Lipinski definition) is 2. The first-order chi connectivity index (χ1) is 13.8. The van der Waals surface area contributed by atoms with Crippen LogP contribution in [0.3, 0.4) is 0 Å². The first-order valence-electron chi connectivity index (χ1n) is 8.59. The third-order valence-corrected chi connectivity index (χ3v) is 5.71. The Bertz CT molecular complexity index is 1130. The highest BCUT2D eigenvalue weighted by Crippen LogP contribution is 2.16. The Morgan fingerprint density at radius 3 is 2.45 bits per heavy atom. The SMILES string of the molecule is Cc1ncn(-c2cc(NCCNS(=O)(=O)c3ccc([N+](=O)[O-])cc3)ncn2)c1C. The summed E-state index contributed by atoms with van der Waals surface area (Å²) in [5, 5.41) is 13.7. The van der Waals surface area contributed by atoms with Gasteiger partial charge < -0.3 is 5.32 Å². The van der Waals surface area contributed by atoms with E-state index >= 15 is 0 Å². The van der Waals surface area contributed by atoms with E-state index in [-0.39, 0.29) is 23.7 Å². The maximum atomic E-state index is 12.3. The Balaban J connectivity index is 1.58. The van der Waals surface area contributed by atoms with Gasteiger partial charge in [0.05, 0.1) is 15.5 Å². The van der Waals surface area contributed by atoms with Crippen LogP contribution in [-0.2, 0) is 10.0 Å². The third-order valence-electron chi connectivity index (χ3n) is 4.23. The van der Waals surface area contributed by atoms with Crippen LogP contribution in [0.4, 0.5) is 11.5 Å². The van der Waals surface area contributed by atoms with Crippen molar-refractivity contribution in [2.45, 2.75) is 18.7 Å². The van der Waals surface area contributed by atoms with Gasteiger partial charge in [-0.1, -0.05) is 0 Å². The van der Waals surface area contributed by atoms with Gasteiger partial charge in [0.15, 0.2) is 0 Å². The summed E-state index contributed by atoms with van der Waals surface area (Å²) in [6, 6.07) is 6.42. The molecular weight excluding hydrogens is 398 g/mol. The number of anilines is 1. The van der Waals surface area contributed by atoms with E-state index in [0.717, 1.165) is 23.5 Å². The molecule has 0 saturated heterocycles. The van der Waals surface area contributed by atoms with Gasteiger partial charge in [-0.25, -0.2) is 28.1 Å². The number of aromatic nitrogens is 4. The number of nitro benzene ring substituents is 1. The van der Waals surface area contributed by atoms with Crippen molar-refractivity contribution in [3.63, 3.8) is 0 Å². The van der Waals surface area contributed by atoms with Gasteiger partial charge in [-0.05, 0) is 26.0 Å². The van der Waals surface area contributed by atoms with E-state index in [0.29, 0.717) is 11.6 Å². The number of nitro groups is 1. The predicted molar refractivity (Wildman–Crippen MR) is 105 cm³/mol. The number of hydrogen-bond acceptors (Lipinski definition) is 8. The van der Waals surface area contributed by atoms with E-state index in [1.54, 1.807) is 12.4 Å². The summed E-state index contributed by atoms with van der Waals surface area (Å²) in [7, 11) is -3.77. The van der Waals surface area contributed by atoms with Gasteiger partial charge in [-0.3, -0.25) is 14.7 Å². The van der Waals surface area contributed by atoms with E-state index < -0.39 is 14.9 Å². The summed E-state index contributed by atoms with van der Waals surface area (Å²) in [5.41, 5.74) is 1.69. The first-order valence-corrected chi connectivity index (χ1v) is 10.1. The quantitative estimate of drug-likeness (QED) is 0.319. The molecule has 0 bridgehead atoms. The fraction of sp³-hybridized carbons (Fsp3) is 0.235. The monoisotopic (exact) mass is 417 g/mol. The maximum absolute atomic E-state index is 12.3. The van der Waals surface area contributed by atoms with Crippen LogP contribution in [0, 0.1) is 24.0 Å². The Labute approximate surface area is 167 Å². The standard InChI is InChI=1S/C17H19N7O4S/c1-12-13(2)23(11-21-12)17-9-16(19-10-20-17)18-7-8-22-29(27,28)15-5-3-14(4-6-15)24(25)26/h3-6,9-11,22H,7-8H2,1-2H3,(H,18,19,20). The summed E-state index contributed by atoms with van der Waals surface area (Å²) in [5.74, 6) is 1.18. The van der Waals surface area contributed by atoms with Crippen LogP contribution in [-0.4, -0.2) is 45.9 Å². The lowest BCUT2D eigenvalue weighted by Gasteiger charge is -2.10. The molecule has 11 nitrogen and oxygen atoms in total. The summed E-state index contributed by atoms with van der Waals surface area (Å²) >= 11 is 0. The van der Waals surface area contributed by atoms with Gasteiger partial charge in [-0.15, -0.1) is 0 Å². The van der Waals surface area contributed by atoms with Crippen LogP contribution in [0.25, 0.3) is 5.82 Å². The second kappa shape index (κ2) is 8.32. The molecule has 2 heterocycles. The molecule has 0 fully saturated rings. The summed E-state index contributed by atoms with van der Waals surface area (Å²) in [4.78, 5) is 22.6. The molecule has 1 aromatic carbocycles. The summed E-state index contributed by atoms with van der Waals surface area (Å²) in [6.45, 7) is 4.22. The minimum atomic E-state index is -3.77. The topological polar surface area (TPSA) is 145 Å². The number of nitrogens with zero attached hydrogens (tertiary/aromatic N) is 5. The molecule has 2 N–H and O–H groups in total. The van der Waals surface area contributed by atoms with Gasteiger partial charge in [0.25, 0.3) is 5.69 Å². The number of aryl methyl sites for hydroxylation is 1. The Morgan fingerprint density at radius 2 is 1.83 bits per heavy atom. The lowest BCUT2D eigenvalue weighted by Crippen LogP contribution is -2.29. The zero-order valence-electron chi connectivity index (χ0n) is 15.7. The van der Waals surface area contributed by atoms with E-state index in [1.807, 2.05) is 18.4 Å². The molecule has 12 heteroatoms. The molecule has 29 heavy (non-hydrogen) atoms. The van der Waals surface area contributed by atoms with Crippen LogP contribution in [0.15, 0.2) is 47.9 Å². The Hall–Kier alpha value is -3.38. The van der Waals surface area contributed by atoms with Crippen LogP contribution in [0.5, 0.6) is 0 Å². The molecule has 0 amide bonds. The highest BCUT2D eigenvalue weighted by molar-refractivity contribution is 7.89. The predicted octanol–water partition coefficient (Wildman–Crippen LogP) is 1.58. The van der Waals surface area contributed by atoms with Gasteiger partial charge in [0, 0.05) is 37.0 Å². The number of imidazole rings is 1. The smallest absolute Gasteiger partial charge is 0.269 e. The first kappa shape index (κ1) is 20.4. The fourth-order valence-corrected chi connectivity index (χ4v) is 3.54.